The lowest BCUT2D eigenvalue weighted by Gasteiger charge is -2.32. The molecule has 0 saturated carbocycles. The van der Waals surface area contributed by atoms with Crippen molar-refractivity contribution in [2.45, 2.75) is 18.9 Å². The van der Waals surface area contributed by atoms with Gasteiger partial charge >= 0.3 is 0 Å². The Bertz CT molecular complexity index is 1460. The summed E-state index contributed by atoms with van der Waals surface area (Å²) in [6.45, 7) is 4.70. The molecule has 34 heavy (non-hydrogen) atoms. The summed E-state index contributed by atoms with van der Waals surface area (Å²) in [6, 6.07) is 7.53. The minimum atomic E-state index is -0.463. The number of aromatic nitrogens is 4. The average Bonchev–Trinajstić information content (AvgIpc) is 3.25. The summed E-state index contributed by atoms with van der Waals surface area (Å²) in [4.78, 5) is 29.5. The number of carbonyl (C=O) groups excluding carboxylic acids is 1. The molecule has 1 aliphatic rings. The second kappa shape index (κ2) is 8.87. The van der Waals surface area contributed by atoms with Crippen LogP contribution in [0.25, 0.3) is 27.8 Å². The molecule has 1 aliphatic heterocycles. The van der Waals surface area contributed by atoms with E-state index >= 15 is 4.39 Å². The van der Waals surface area contributed by atoms with Crippen LogP contribution in [-0.2, 0) is 4.79 Å². The highest BCUT2D eigenvalue weighted by atomic mass is 35.5. The van der Waals surface area contributed by atoms with Crippen LogP contribution in [0.5, 0.6) is 0 Å². The van der Waals surface area contributed by atoms with Crippen LogP contribution in [-0.4, -0.2) is 43.2 Å². The van der Waals surface area contributed by atoms with Gasteiger partial charge in [0.1, 0.15) is 11.5 Å². The minimum Gasteiger partial charge on any atom is -0.337 e. The first-order valence-corrected chi connectivity index (χ1v) is 11.3. The average molecular weight is 478 g/mol. The quantitative estimate of drug-likeness (QED) is 0.409. The van der Waals surface area contributed by atoms with Gasteiger partial charge in [0, 0.05) is 66.6 Å². The molecule has 172 valence electrons. The number of nitrogens with zero attached hydrogens (tertiary/aromatic N) is 5. The van der Waals surface area contributed by atoms with Crippen molar-refractivity contribution in [1.82, 2.24) is 24.2 Å². The molecular formula is C25H21ClFN5O2. The van der Waals surface area contributed by atoms with Gasteiger partial charge in [0.05, 0.1) is 16.6 Å². The SMILES string of the molecule is C=CC(=O)N1CCC[C@@H](n2nc(-c3ccc(-n4ccc(=O)cc4)cc3F)c3cncc(Cl)c32)C1. The van der Waals surface area contributed by atoms with Gasteiger partial charge in [0.15, 0.2) is 5.43 Å². The van der Waals surface area contributed by atoms with Gasteiger partial charge in [-0.2, -0.15) is 5.10 Å². The topological polar surface area (TPSA) is 73.0 Å². The monoisotopic (exact) mass is 477 g/mol. The Morgan fingerprint density at radius 3 is 2.74 bits per heavy atom. The summed E-state index contributed by atoms with van der Waals surface area (Å²) in [7, 11) is 0. The molecule has 1 aromatic carbocycles. The molecule has 3 aromatic heterocycles. The van der Waals surface area contributed by atoms with Crippen molar-refractivity contribution in [3.05, 3.63) is 88.8 Å². The number of likely N-dealkylation sites (tertiary alicyclic amines) is 1. The smallest absolute Gasteiger partial charge is 0.246 e. The number of benzene rings is 1. The van der Waals surface area contributed by atoms with E-state index in [1.807, 2.05) is 0 Å². The number of piperidine rings is 1. The summed E-state index contributed by atoms with van der Waals surface area (Å²) in [5.41, 5.74) is 1.86. The van der Waals surface area contributed by atoms with Crippen molar-refractivity contribution in [3.8, 4) is 16.9 Å². The molecule has 0 bridgehead atoms. The predicted octanol–water partition coefficient (Wildman–Crippen LogP) is 4.39. The molecule has 0 N–H and O–H groups in total. The maximum absolute atomic E-state index is 15.4. The van der Waals surface area contributed by atoms with Crippen molar-refractivity contribution in [2.75, 3.05) is 13.1 Å². The largest absolute Gasteiger partial charge is 0.337 e. The molecule has 1 atom stereocenters. The van der Waals surface area contributed by atoms with E-state index in [1.54, 1.807) is 44.9 Å². The van der Waals surface area contributed by atoms with E-state index < -0.39 is 5.82 Å². The fourth-order valence-electron chi connectivity index (χ4n) is 4.43. The number of carbonyl (C=O) groups is 1. The van der Waals surface area contributed by atoms with E-state index in [0.29, 0.717) is 46.0 Å². The highest BCUT2D eigenvalue weighted by molar-refractivity contribution is 6.35. The first-order chi connectivity index (χ1) is 16.5. The lowest BCUT2D eigenvalue weighted by Crippen LogP contribution is -2.40. The lowest BCUT2D eigenvalue weighted by molar-refractivity contribution is -0.127. The van der Waals surface area contributed by atoms with Gasteiger partial charge in [-0.15, -0.1) is 0 Å². The Hall–Kier alpha value is -3.78. The number of pyridine rings is 2. The van der Waals surface area contributed by atoms with E-state index in [2.05, 4.69) is 11.6 Å². The molecular weight excluding hydrogens is 457 g/mol. The molecule has 1 saturated heterocycles. The number of hydrogen-bond acceptors (Lipinski definition) is 4. The molecule has 4 aromatic rings. The standard InChI is InChI=1S/C25H21ClFN5O2/c1-2-23(34)31-9-3-4-17(15-31)32-25-20(13-28-14-21(25)26)24(29-32)19-6-5-16(12-22(19)27)30-10-7-18(33)8-11-30/h2,5-8,10-14,17H,1,3-4,9,15H2/t17-/m1/s1. The molecule has 0 aliphatic carbocycles. The molecule has 4 heterocycles. The maximum Gasteiger partial charge on any atom is 0.246 e. The third kappa shape index (κ3) is 3.90. The first-order valence-electron chi connectivity index (χ1n) is 10.9. The van der Waals surface area contributed by atoms with Crippen molar-refractivity contribution < 1.29 is 9.18 Å². The van der Waals surface area contributed by atoms with Gasteiger partial charge in [0.25, 0.3) is 0 Å². The minimum absolute atomic E-state index is 0.114. The van der Waals surface area contributed by atoms with E-state index in [9.17, 15) is 9.59 Å². The second-order valence-corrected chi connectivity index (χ2v) is 8.61. The van der Waals surface area contributed by atoms with Crippen LogP contribution in [0, 0.1) is 5.82 Å². The second-order valence-electron chi connectivity index (χ2n) is 8.20. The predicted molar refractivity (Wildman–Crippen MR) is 129 cm³/mol. The normalized spacial score (nSPS) is 16.1. The first kappa shape index (κ1) is 22.0. The number of hydrogen-bond donors (Lipinski definition) is 0. The summed E-state index contributed by atoms with van der Waals surface area (Å²) in [6.07, 6.45) is 9.27. The summed E-state index contributed by atoms with van der Waals surface area (Å²) >= 11 is 6.52. The van der Waals surface area contributed by atoms with Gasteiger partial charge in [0.2, 0.25) is 5.91 Å². The Labute approximate surface area is 199 Å². The maximum atomic E-state index is 15.4. The van der Waals surface area contributed by atoms with Gasteiger partial charge in [-0.25, -0.2) is 4.39 Å². The Balaban J connectivity index is 1.59. The zero-order valence-electron chi connectivity index (χ0n) is 18.2. The highest BCUT2D eigenvalue weighted by Crippen LogP contribution is 2.36. The molecule has 0 radical (unpaired) electrons. The van der Waals surface area contributed by atoms with Gasteiger partial charge in [-0.1, -0.05) is 18.2 Å². The third-order valence-electron chi connectivity index (χ3n) is 6.10. The fourth-order valence-corrected chi connectivity index (χ4v) is 4.68. The summed E-state index contributed by atoms with van der Waals surface area (Å²) < 4.78 is 18.8. The van der Waals surface area contributed by atoms with Crippen molar-refractivity contribution >= 4 is 28.4 Å². The third-order valence-corrected chi connectivity index (χ3v) is 6.37. The van der Waals surface area contributed by atoms with Crippen LogP contribution >= 0.6 is 11.6 Å². The Kier molecular flexibility index (Phi) is 5.75. The zero-order valence-corrected chi connectivity index (χ0v) is 19.0. The Morgan fingerprint density at radius 1 is 1.21 bits per heavy atom. The molecule has 0 spiro atoms. The zero-order chi connectivity index (χ0) is 23.8. The molecule has 1 amide bonds. The van der Waals surface area contributed by atoms with Crippen molar-refractivity contribution in [1.29, 1.82) is 0 Å². The van der Waals surface area contributed by atoms with Crippen molar-refractivity contribution in [3.63, 3.8) is 0 Å². The van der Waals surface area contributed by atoms with Crippen LogP contribution in [0.15, 0.2) is 72.6 Å². The van der Waals surface area contributed by atoms with Gasteiger partial charge in [-0.05, 0) is 37.1 Å². The van der Waals surface area contributed by atoms with Crippen LogP contribution in [0.2, 0.25) is 5.02 Å². The number of amides is 1. The lowest BCUT2D eigenvalue weighted by atomic mass is 10.1. The van der Waals surface area contributed by atoms with Crippen LogP contribution < -0.4 is 5.43 Å². The number of fused-ring (bicyclic) bond motifs is 1. The molecule has 9 heteroatoms. The van der Waals surface area contributed by atoms with Crippen molar-refractivity contribution in [2.24, 2.45) is 0 Å². The molecule has 1 fully saturated rings. The Morgan fingerprint density at radius 2 is 2.00 bits per heavy atom. The van der Waals surface area contributed by atoms with Gasteiger partial charge < -0.3 is 9.47 Å². The summed E-state index contributed by atoms with van der Waals surface area (Å²) in [5, 5.41) is 5.82. The van der Waals surface area contributed by atoms with E-state index in [-0.39, 0.29) is 17.4 Å². The van der Waals surface area contributed by atoms with E-state index in [1.165, 1.54) is 30.5 Å². The van der Waals surface area contributed by atoms with Crippen LogP contribution in [0.3, 0.4) is 0 Å². The molecule has 7 nitrogen and oxygen atoms in total. The highest BCUT2D eigenvalue weighted by Gasteiger charge is 2.28. The number of rotatable bonds is 4. The number of halogens is 2. The van der Waals surface area contributed by atoms with Gasteiger partial charge in [-0.3, -0.25) is 19.3 Å². The van der Waals surface area contributed by atoms with E-state index in [4.69, 9.17) is 16.7 Å². The fraction of sp³-hybridized carbons (Fsp3) is 0.200. The van der Waals surface area contributed by atoms with Crippen LogP contribution in [0.1, 0.15) is 18.9 Å². The molecule has 0 unspecified atom stereocenters. The summed E-state index contributed by atoms with van der Waals surface area (Å²) in [5.74, 6) is -0.590. The molecule has 5 rings (SSSR count). The van der Waals surface area contributed by atoms with E-state index in [0.717, 1.165) is 12.8 Å². The van der Waals surface area contributed by atoms with Crippen LogP contribution in [0.4, 0.5) is 4.39 Å².